The van der Waals surface area contributed by atoms with E-state index in [1.54, 1.807) is 72.9 Å². The number of unbranched alkanes of at least 4 members (excludes halogenated alkanes) is 4. The Morgan fingerprint density at radius 1 is 0.420 bits per heavy atom. The van der Waals surface area contributed by atoms with Crippen LogP contribution in [0.25, 0.3) is 0 Å². The zero-order chi connectivity index (χ0) is 37.8. The lowest BCUT2D eigenvalue weighted by Crippen LogP contribution is -2.23. The number of hydrogen-bond acceptors (Lipinski definition) is 8. The summed E-state index contributed by atoms with van der Waals surface area (Å²) in [6.45, 7) is 4.26. The first-order chi connectivity index (χ1) is 23.9. The van der Waals surface area contributed by atoms with Crippen LogP contribution >= 0.6 is 0 Å². The highest BCUT2D eigenvalue weighted by atomic mass is 16.4. The van der Waals surface area contributed by atoms with Crippen molar-refractivity contribution in [2.75, 3.05) is 0 Å². The Kier molecular flexibility index (Phi) is 34.5. The molecule has 284 valence electrons. The molecule has 0 amide bonds. The monoisotopic (exact) mass is 704 g/mol. The van der Waals surface area contributed by atoms with Crippen LogP contribution in [0.5, 0.6) is 0 Å². The normalized spacial score (nSPS) is 16.3. The first kappa shape index (κ1) is 48.7. The Morgan fingerprint density at radius 2 is 0.720 bits per heavy atom. The van der Waals surface area contributed by atoms with Crippen LogP contribution in [0.3, 0.4) is 0 Å². The quantitative estimate of drug-likeness (QED) is 0.0340. The van der Waals surface area contributed by atoms with Gasteiger partial charge in [0.25, 0.3) is 0 Å². The molecule has 50 heavy (non-hydrogen) atoms. The van der Waals surface area contributed by atoms with E-state index in [0.717, 1.165) is 51.4 Å². The predicted molar refractivity (Wildman–Crippen MR) is 200 cm³/mol. The van der Waals surface area contributed by atoms with Crippen LogP contribution in [-0.4, -0.2) is 89.4 Å². The van der Waals surface area contributed by atoms with Gasteiger partial charge in [-0.1, -0.05) is 150 Å². The van der Waals surface area contributed by atoms with Gasteiger partial charge in [0, 0.05) is 12.8 Å². The highest BCUT2D eigenvalue weighted by Crippen LogP contribution is 2.08. The highest BCUT2D eigenvalue weighted by molar-refractivity contribution is 5.66. The number of allylic oxidation sites excluding steroid dienone is 12. The predicted octanol–water partition coefficient (Wildman–Crippen LogP) is 6.26. The summed E-state index contributed by atoms with van der Waals surface area (Å²) in [5.41, 5.74) is 0. The van der Waals surface area contributed by atoms with Gasteiger partial charge in [0.2, 0.25) is 0 Å². The van der Waals surface area contributed by atoms with E-state index in [2.05, 4.69) is 13.8 Å². The summed E-state index contributed by atoms with van der Waals surface area (Å²) in [6.07, 6.45) is 32.0. The minimum Gasteiger partial charge on any atom is -0.481 e. The van der Waals surface area contributed by atoms with Gasteiger partial charge >= 0.3 is 11.9 Å². The Hall–Kier alpha value is -3.38. The van der Waals surface area contributed by atoms with Gasteiger partial charge in [-0.15, -0.1) is 0 Å². The maximum atomic E-state index is 10.4. The molecule has 0 bridgehead atoms. The average molecular weight is 705 g/mol. The second kappa shape index (κ2) is 35.4. The SMILES string of the molecule is CCCCC[C@@H](O)/C=C/C=C\C=C\C=C\[C@@H](O)[C@@H](O)CCCC(=O)O.CCCCC[C@H](O)/C=C/C=C\C=C\C=C\[C@@H](O)[C@@H](O)CCCC(=O)O. The van der Waals surface area contributed by atoms with Crippen molar-refractivity contribution in [3.63, 3.8) is 0 Å². The number of rotatable bonds is 28. The van der Waals surface area contributed by atoms with Crippen molar-refractivity contribution in [2.45, 2.75) is 140 Å². The Morgan fingerprint density at radius 3 is 1.02 bits per heavy atom. The molecule has 0 saturated carbocycles. The molecule has 0 radical (unpaired) electrons. The molecule has 0 aliphatic rings. The number of hydrogen-bond donors (Lipinski definition) is 8. The van der Waals surface area contributed by atoms with Crippen LogP contribution in [0, 0.1) is 0 Å². The standard InChI is InChI=1S/2C20H32O5/c2*1-2-3-8-12-17(21)13-9-6-4-5-7-10-14-18(22)19(23)15-11-16-20(24)25/h2*4-7,9-10,13-14,17-19,21-23H,2-3,8,11-12,15-16H2,1H3,(H,24,25)/b2*6-4-,7-5+,13-9+,14-10+/t17-,18+,19-;17-,18-,19+/m01/s1. The van der Waals surface area contributed by atoms with Gasteiger partial charge in [0.05, 0.1) is 36.6 Å². The van der Waals surface area contributed by atoms with E-state index in [-0.39, 0.29) is 25.7 Å². The van der Waals surface area contributed by atoms with Crippen LogP contribution in [0.1, 0.15) is 104 Å². The van der Waals surface area contributed by atoms with Crippen molar-refractivity contribution in [3.05, 3.63) is 97.2 Å². The molecule has 10 nitrogen and oxygen atoms in total. The van der Waals surface area contributed by atoms with E-state index < -0.39 is 48.6 Å². The van der Waals surface area contributed by atoms with Gasteiger partial charge in [-0.3, -0.25) is 9.59 Å². The molecule has 0 aromatic heterocycles. The van der Waals surface area contributed by atoms with Crippen molar-refractivity contribution >= 4 is 11.9 Å². The molecule has 0 aromatic carbocycles. The molecule has 0 heterocycles. The van der Waals surface area contributed by atoms with Gasteiger partial charge in [0.15, 0.2) is 0 Å². The topological polar surface area (TPSA) is 196 Å². The van der Waals surface area contributed by atoms with Gasteiger partial charge in [-0.2, -0.15) is 0 Å². The van der Waals surface area contributed by atoms with Crippen molar-refractivity contribution in [3.8, 4) is 0 Å². The number of carboxylic acids is 2. The lowest BCUT2D eigenvalue weighted by Gasteiger charge is -2.13. The van der Waals surface area contributed by atoms with Crippen LogP contribution in [-0.2, 0) is 9.59 Å². The first-order valence-corrected chi connectivity index (χ1v) is 17.8. The van der Waals surface area contributed by atoms with Gasteiger partial charge in [-0.25, -0.2) is 0 Å². The number of carboxylic acid groups (broad SMARTS) is 2. The van der Waals surface area contributed by atoms with Crippen LogP contribution in [0.4, 0.5) is 0 Å². The fourth-order valence-electron chi connectivity index (χ4n) is 4.18. The molecule has 0 fully saturated rings. The second-order valence-corrected chi connectivity index (χ2v) is 11.9. The fourth-order valence-corrected chi connectivity index (χ4v) is 4.18. The summed E-state index contributed by atoms with van der Waals surface area (Å²) in [5.74, 6) is -1.82. The Balaban J connectivity index is 0. The summed E-state index contributed by atoms with van der Waals surface area (Å²) >= 11 is 0. The van der Waals surface area contributed by atoms with Crippen LogP contribution in [0.15, 0.2) is 97.2 Å². The van der Waals surface area contributed by atoms with Crippen molar-refractivity contribution < 1.29 is 50.4 Å². The first-order valence-electron chi connectivity index (χ1n) is 17.8. The molecular formula is C40H64O10. The zero-order valence-corrected chi connectivity index (χ0v) is 30.0. The molecule has 0 saturated heterocycles. The maximum absolute atomic E-state index is 10.4. The lowest BCUT2D eigenvalue weighted by molar-refractivity contribution is -0.138. The van der Waals surface area contributed by atoms with E-state index >= 15 is 0 Å². The fraction of sp³-hybridized carbons (Fsp3) is 0.550. The molecule has 10 heteroatoms. The van der Waals surface area contributed by atoms with E-state index in [1.165, 1.54) is 12.2 Å². The van der Waals surface area contributed by atoms with Crippen molar-refractivity contribution in [1.29, 1.82) is 0 Å². The van der Waals surface area contributed by atoms with Crippen LogP contribution < -0.4 is 0 Å². The third-order valence-corrected chi connectivity index (χ3v) is 7.17. The summed E-state index contributed by atoms with van der Waals surface area (Å²) in [4.78, 5) is 20.7. The molecule has 8 N–H and O–H groups in total. The molecule has 0 aliphatic heterocycles. The molecule has 0 spiro atoms. The molecule has 0 unspecified atom stereocenters. The smallest absolute Gasteiger partial charge is 0.303 e. The summed E-state index contributed by atoms with van der Waals surface area (Å²) in [7, 11) is 0. The third-order valence-electron chi connectivity index (χ3n) is 7.17. The minimum absolute atomic E-state index is 0.0149. The Labute approximate surface area is 299 Å². The number of carbonyl (C=O) groups is 2. The van der Waals surface area contributed by atoms with Crippen LogP contribution in [0.2, 0.25) is 0 Å². The van der Waals surface area contributed by atoms with Gasteiger partial charge in [0.1, 0.15) is 0 Å². The third kappa shape index (κ3) is 35.9. The summed E-state index contributed by atoms with van der Waals surface area (Å²) in [5, 5.41) is 75.1. The van der Waals surface area contributed by atoms with Gasteiger partial charge < -0.3 is 40.9 Å². The summed E-state index contributed by atoms with van der Waals surface area (Å²) < 4.78 is 0. The average Bonchev–Trinajstić information content (AvgIpc) is 3.07. The largest absolute Gasteiger partial charge is 0.481 e. The molecular weight excluding hydrogens is 640 g/mol. The second-order valence-electron chi connectivity index (χ2n) is 11.9. The molecule has 6 atom stereocenters. The Bertz CT molecular complexity index is 986. The van der Waals surface area contributed by atoms with Crippen molar-refractivity contribution in [1.82, 2.24) is 0 Å². The number of aliphatic hydroxyl groups is 6. The van der Waals surface area contributed by atoms with Gasteiger partial charge in [-0.05, 0) is 38.5 Å². The molecule has 0 aliphatic carbocycles. The van der Waals surface area contributed by atoms with Crippen molar-refractivity contribution in [2.24, 2.45) is 0 Å². The maximum Gasteiger partial charge on any atom is 0.303 e. The van der Waals surface area contributed by atoms with E-state index in [9.17, 15) is 40.2 Å². The van der Waals surface area contributed by atoms with E-state index in [0.29, 0.717) is 12.8 Å². The number of aliphatic hydroxyl groups excluding tert-OH is 6. The van der Waals surface area contributed by atoms with E-state index in [1.807, 2.05) is 12.2 Å². The molecule has 0 rings (SSSR count). The lowest BCUT2D eigenvalue weighted by atomic mass is 10.1. The zero-order valence-electron chi connectivity index (χ0n) is 30.0. The minimum atomic E-state index is -1.01. The highest BCUT2D eigenvalue weighted by Gasteiger charge is 2.14. The summed E-state index contributed by atoms with van der Waals surface area (Å²) in [6, 6.07) is 0. The van der Waals surface area contributed by atoms with E-state index in [4.69, 9.17) is 10.2 Å². The number of aliphatic carboxylic acids is 2. The molecule has 0 aromatic rings.